The summed E-state index contributed by atoms with van der Waals surface area (Å²) in [5, 5.41) is 4.07. The number of amides is 1. The van der Waals surface area contributed by atoms with Crippen LogP contribution in [0.5, 0.6) is 0 Å². The summed E-state index contributed by atoms with van der Waals surface area (Å²) in [6.07, 6.45) is 0.197. The van der Waals surface area contributed by atoms with Crippen molar-refractivity contribution in [2.45, 2.75) is 32.1 Å². The van der Waals surface area contributed by atoms with Gasteiger partial charge in [0.15, 0.2) is 0 Å². The Kier molecular flexibility index (Phi) is 7.73. The molecule has 0 aliphatic carbocycles. The van der Waals surface area contributed by atoms with E-state index in [-0.39, 0.29) is 23.0 Å². The van der Waals surface area contributed by atoms with Gasteiger partial charge in [0, 0.05) is 39.7 Å². The highest BCUT2D eigenvalue weighted by molar-refractivity contribution is 8.13. The van der Waals surface area contributed by atoms with Gasteiger partial charge in [0.05, 0.1) is 0 Å². The Hall–Kier alpha value is -3.35. The average Bonchev–Trinajstić information content (AvgIpc) is 2.84. The SMILES string of the molecule is Cc1ccc(CSC(=O)C(Cc2cc(=O)[nH]c3ccccc23)NC(=O)c2ccc(Cl)cc2)cc1C. The van der Waals surface area contributed by atoms with Crippen molar-refractivity contribution in [3.8, 4) is 0 Å². The Balaban J connectivity index is 1.60. The molecule has 0 saturated carbocycles. The van der Waals surface area contributed by atoms with Crippen LogP contribution in [-0.4, -0.2) is 22.0 Å². The molecule has 7 heteroatoms. The molecular formula is C28H25ClN2O3S. The van der Waals surface area contributed by atoms with E-state index in [1.807, 2.05) is 50.2 Å². The average molecular weight is 505 g/mol. The van der Waals surface area contributed by atoms with E-state index in [1.54, 1.807) is 24.3 Å². The number of aryl methyl sites for hydroxylation is 2. The fourth-order valence-electron chi connectivity index (χ4n) is 3.85. The molecule has 0 bridgehead atoms. The number of hydrogen-bond donors (Lipinski definition) is 2. The summed E-state index contributed by atoms with van der Waals surface area (Å²) in [5.41, 5.74) is 4.94. The normalized spacial score (nSPS) is 11.9. The number of hydrogen-bond acceptors (Lipinski definition) is 4. The van der Waals surface area contributed by atoms with Crippen LogP contribution in [0.1, 0.15) is 32.6 Å². The van der Waals surface area contributed by atoms with Gasteiger partial charge in [0.1, 0.15) is 6.04 Å². The molecule has 1 atom stereocenters. The van der Waals surface area contributed by atoms with Gasteiger partial charge in [-0.1, -0.05) is 59.8 Å². The maximum Gasteiger partial charge on any atom is 0.251 e. The van der Waals surface area contributed by atoms with E-state index in [4.69, 9.17) is 11.6 Å². The second-order valence-corrected chi connectivity index (χ2v) is 9.88. The molecule has 35 heavy (non-hydrogen) atoms. The number of thioether (sulfide) groups is 1. The van der Waals surface area contributed by atoms with Crippen LogP contribution in [0.25, 0.3) is 10.9 Å². The lowest BCUT2D eigenvalue weighted by Gasteiger charge is -2.19. The van der Waals surface area contributed by atoms with Crippen molar-refractivity contribution < 1.29 is 9.59 Å². The molecule has 0 aliphatic rings. The maximum atomic E-state index is 13.4. The van der Waals surface area contributed by atoms with Gasteiger partial charge >= 0.3 is 0 Å². The number of aromatic nitrogens is 1. The monoisotopic (exact) mass is 504 g/mol. The number of carbonyl (C=O) groups excluding carboxylic acids is 2. The Labute approximate surface area is 212 Å². The van der Waals surface area contributed by atoms with Gasteiger partial charge in [-0.05, 0) is 66.4 Å². The largest absolute Gasteiger partial charge is 0.341 e. The summed E-state index contributed by atoms with van der Waals surface area (Å²) in [5.74, 6) is 0.115. The smallest absolute Gasteiger partial charge is 0.251 e. The van der Waals surface area contributed by atoms with Gasteiger partial charge in [0.25, 0.3) is 5.91 Å². The molecule has 1 heterocycles. The van der Waals surface area contributed by atoms with Gasteiger partial charge < -0.3 is 10.3 Å². The lowest BCUT2D eigenvalue weighted by molar-refractivity contribution is -0.112. The lowest BCUT2D eigenvalue weighted by atomic mass is 10.0. The fraction of sp³-hybridized carbons (Fsp3) is 0.179. The third-order valence-electron chi connectivity index (χ3n) is 5.91. The van der Waals surface area contributed by atoms with E-state index < -0.39 is 6.04 Å². The maximum absolute atomic E-state index is 13.4. The summed E-state index contributed by atoms with van der Waals surface area (Å²) < 4.78 is 0. The summed E-state index contributed by atoms with van der Waals surface area (Å²) in [7, 11) is 0. The standard InChI is InChI=1S/C28H25ClN2O3S/c1-17-7-8-19(13-18(17)2)16-35-28(34)25(31-27(33)20-9-11-22(29)12-10-20)14-21-15-26(32)30-24-6-4-3-5-23(21)24/h3-13,15,25H,14,16H2,1-2H3,(H,30,32)(H,31,33). The van der Waals surface area contributed by atoms with Gasteiger partial charge in [-0.3, -0.25) is 14.4 Å². The number of nitrogens with one attached hydrogen (secondary N) is 2. The number of halogens is 1. The molecule has 4 aromatic rings. The minimum Gasteiger partial charge on any atom is -0.341 e. The first-order valence-electron chi connectivity index (χ1n) is 11.2. The predicted octanol–water partition coefficient (Wildman–Crippen LogP) is 5.60. The molecule has 2 N–H and O–H groups in total. The summed E-state index contributed by atoms with van der Waals surface area (Å²) >= 11 is 7.11. The number of benzene rings is 3. The second-order valence-electron chi connectivity index (χ2n) is 8.47. The van der Waals surface area contributed by atoms with E-state index in [0.29, 0.717) is 27.4 Å². The predicted molar refractivity (Wildman–Crippen MR) is 143 cm³/mol. The molecule has 4 rings (SSSR count). The number of para-hydroxylation sites is 1. The highest BCUT2D eigenvalue weighted by Crippen LogP contribution is 2.22. The fourth-order valence-corrected chi connectivity index (χ4v) is 4.81. The number of rotatable bonds is 7. The topological polar surface area (TPSA) is 79.0 Å². The van der Waals surface area contributed by atoms with E-state index >= 15 is 0 Å². The van der Waals surface area contributed by atoms with Gasteiger partial charge in [-0.2, -0.15) is 0 Å². The molecule has 0 fully saturated rings. The van der Waals surface area contributed by atoms with Crippen LogP contribution in [0, 0.1) is 13.8 Å². The number of pyridine rings is 1. The Morgan fingerprint density at radius 3 is 2.46 bits per heavy atom. The third-order valence-corrected chi connectivity index (χ3v) is 7.21. The summed E-state index contributed by atoms with van der Waals surface area (Å²) in [6, 6.07) is 20.7. The van der Waals surface area contributed by atoms with E-state index in [9.17, 15) is 14.4 Å². The molecule has 1 aromatic heterocycles. The second kappa shape index (κ2) is 10.9. The van der Waals surface area contributed by atoms with Crippen molar-refractivity contribution in [2.24, 2.45) is 0 Å². The van der Waals surface area contributed by atoms with Crippen molar-refractivity contribution >= 4 is 45.3 Å². The highest BCUT2D eigenvalue weighted by atomic mass is 35.5. The first kappa shape index (κ1) is 24.8. The van der Waals surface area contributed by atoms with Crippen molar-refractivity contribution in [3.05, 3.63) is 116 Å². The van der Waals surface area contributed by atoms with E-state index in [2.05, 4.69) is 16.4 Å². The zero-order valence-corrected chi connectivity index (χ0v) is 21.0. The Bertz CT molecular complexity index is 1450. The molecule has 0 saturated heterocycles. The van der Waals surface area contributed by atoms with E-state index in [0.717, 1.165) is 28.3 Å². The molecule has 5 nitrogen and oxygen atoms in total. The van der Waals surface area contributed by atoms with Crippen molar-refractivity contribution in [2.75, 3.05) is 0 Å². The van der Waals surface area contributed by atoms with Crippen LogP contribution in [0.3, 0.4) is 0 Å². The van der Waals surface area contributed by atoms with Crippen molar-refractivity contribution in [3.63, 3.8) is 0 Å². The Morgan fingerprint density at radius 2 is 1.71 bits per heavy atom. The number of aromatic amines is 1. The van der Waals surface area contributed by atoms with Crippen molar-refractivity contribution in [1.29, 1.82) is 0 Å². The molecule has 178 valence electrons. The van der Waals surface area contributed by atoms with Crippen LogP contribution in [-0.2, 0) is 17.0 Å². The highest BCUT2D eigenvalue weighted by Gasteiger charge is 2.24. The van der Waals surface area contributed by atoms with Gasteiger partial charge in [0.2, 0.25) is 10.7 Å². The molecule has 1 amide bonds. The van der Waals surface area contributed by atoms with Crippen LogP contribution < -0.4 is 10.9 Å². The number of fused-ring (bicyclic) bond motifs is 1. The molecule has 0 spiro atoms. The summed E-state index contributed by atoms with van der Waals surface area (Å²) in [6.45, 7) is 4.09. The Morgan fingerprint density at radius 1 is 0.971 bits per heavy atom. The van der Waals surface area contributed by atoms with Gasteiger partial charge in [-0.25, -0.2) is 0 Å². The minimum atomic E-state index is -0.820. The number of carbonyl (C=O) groups is 2. The van der Waals surface area contributed by atoms with Crippen LogP contribution >= 0.6 is 23.4 Å². The molecule has 3 aromatic carbocycles. The summed E-state index contributed by atoms with van der Waals surface area (Å²) in [4.78, 5) is 41.4. The van der Waals surface area contributed by atoms with Crippen LogP contribution in [0.15, 0.2) is 77.6 Å². The van der Waals surface area contributed by atoms with Crippen molar-refractivity contribution in [1.82, 2.24) is 10.3 Å². The third kappa shape index (κ3) is 6.21. The first-order valence-corrected chi connectivity index (χ1v) is 12.6. The number of H-pyrrole nitrogens is 1. The molecule has 0 radical (unpaired) electrons. The lowest BCUT2D eigenvalue weighted by Crippen LogP contribution is -2.41. The first-order chi connectivity index (χ1) is 16.8. The molecule has 0 aliphatic heterocycles. The van der Waals surface area contributed by atoms with E-state index in [1.165, 1.54) is 11.6 Å². The zero-order chi connectivity index (χ0) is 24.9. The molecule has 1 unspecified atom stereocenters. The minimum absolute atomic E-state index is 0.171. The zero-order valence-electron chi connectivity index (χ0n) is 19.4. The van der Waals surface area contributed by atoms with Gasteiger partial charge in [-0.15, -0.1) is 0 Å². The quantitative estimate of drug-likeness (QED) is 0.343. The van der Waals surface area contributed by atoms with Crippen LogP contribution in [0.4, 0.5) is 0 Å². The molecular weight excluding hydrogens is 480 g/mol. The van der Waals surface area contributed by atoms with Crippen LogP contribution in [0.2, 0.25) is 5.02 Å².